The van der Waals surface area contributed by atoms with Crippen LogP contribution in [0, 0.1) is 0 Å². The summed E-state index contributed by atoms with van der Waals surface area (Å²) in [5.41, 5.74) is 1.14. The van der Waals surface area contributed by atoms with Gasteiger partial charge in [0.15, 0.2) is 16.7 Å². The van der Waals surface area contributed by atoms with Crippen LogP contribution in [-0.4, -0.2) is 35.3 Å². The van der Waals surface area contributed by atoms with Crippen LogP contribution < -0.4 is 20.3 Å². The van der Waals surface area contributed by atoms with Crippen molar-refractivity contribution >= 4 is 23.4 Å². The fraction of sp³-hybridized carbons (Fsp3) is 0.421. The van der Waals surface area contributed by atoms with Crippen LogP contribution in [0.3, 0.4) is 0 Å². The van der Waals surface area contributed by atoms with Gasteiger partial charge in [0.05, 0.1) is 19.5 Å². The summed E-state index contributed by atoms with van der Waals surface area (Å²) < 4.78 is 10.5. The molecule has 0 radical (unpaired) electrons. The van der Waals surface area contributed by atoms with E-state index in [1.54, 1.807) is 32.4 Å². The molecule has 0 bridgehead atoms. The van der Waals surface area contributed by atoms with Crippen molar-refractivity contribution in [2.45, 2.75) is 43.5 Å². The van der Waals surface area contributed by atoms with Crippen molar-refractivity contribution in [2.75, 3.05) is 19.5 Å². The molecule has 1 unspecified atom stereocenters. The summed E-state index contributed by atoms with van der Waals surface area (Å²) in [5, 5.41) is 2.95. The second-order valence-electron chi connectivity index (χ2n) is 5.87. The average Bonchev–Trinajstić information content (AvgIpc) is 2.65. The Morgan fingerprint density at radius 1 is 1.22 bits per heavy atom. The van der Waals surface area contributed by atoms with Gasteiger partial charge in [-0.1, -0.05) is 32.0 Å². The van der Waals surface area contributed by atoms with E-state index in [0.29, 0.717) is 28.8 Å². The highest BCUT2D eigenvalue weighted by molar-refractivity contribution is 8.00. The van der Waals surface area contributed by atoms with Crippen LogP contribution in [0.2, 0.25) is 0 Å². The number of nitrogens with one attached hydrogen (secondary N) is 2. The van der Waals surface area contributed by atoms with Crippen LogP contribution in [0.25, 0.3) is 0 Å². The Bertz CT molecular complexity index is 838. The molecule has 0 aliphatic rings. The number of hydrogen-bond donors (Lipinski definition) is 2. The van der Waals surface area contributed by atoms with Gasteiger partial charge in [0.25, 0.3) is 5.56 Å². The quantitative estimate of drug-likeness (QED) is 0.503. The fourth-order valence-corrected chi connectivity index (χ4v) is 3.45. The third-order valence-electron chi connectivity index (χ3n) is 3.85. The normalized spacial score (nSPS) is 11.7. The van der Waals surface area contributed by atoms with E-state index in [2.05, 4.69) is 15.3 Å². The molecule has 7 nitrogen and oxygen atoms in total. The number of amides is 1. The summed E-state index contributed by atoms with van der Waals surface area (Å²) in [7, 11) is 3.10. The van der Waals surface area contributed by atoms with Gasteiger partial charge in [0.1, 0.15) is 0 Å². The summed E-state index contributed by atoms with van der Waals surface area (Å²) in [4.78, 5) is 31.6. The monoisotopic (exact) mass is 391 g/mol. The number of aromatic nitrogens is 2. The number of aryl methyl sites for hydroxylation is 1. The molecule has 0 saturated carbocycles. The Labute approximate surface area is 162 Å². The first kappa shape index (κ1) is 20.8. The van der Waals surface area contributed by atoms with Gasteiger partial charge < -0.3 is 19.8 Å². The van der Waals surface area contributed by atoms with Gasteiger partial charge in [-0.25, -0.2) is 4.98 Å². The molecule has 0 aliphatic heterocycles. The highest BCUT2D eigenvalue weighted by Gasteiger charge is 2.20. The fourth-order valence-electron chi connectivity index (χ4n) is 2.52. The van der Waals surface area contributed by atoms with Crippen LogP contribution in [0.1, 0.15) is 32.4 Å². The Morgan fingerprint density at radius 3 is 2.59 bits per heavy atom. The zero-order valence-electron chi connectivity index (χ0n) is 16.0. The smallest absolute Gasteiger partial charge is 0.251 e. The third kappa shape index (κ3) is 5.75. The minimum atomic E-state index is -0.391. The Hall–Kier alpha value is -2.48. The van der Waals surface area contributed by atoms with Crippen molar-refractivity contribution in [3.63, 3.8) is 0 Å². The standard InChI is InChI=1S/C19H25N3O4S/c1-5-7-12-11-17(23)22-19(21-12)27-16(6-2)18(24)20-13-8-9-14(25-3)15(10-13)26-4/h8-11,16H,5-7H2,1-4H3,(H,20,24)(H,21,22,23). The lowest BCUT2D eigenvalue weighted by molar-refractivity contribution is -0.115. The topological polar surface area (TPSA) is 93.3 Å². The number of carbonyl (C=O) groups excluding carboxylic acids is 1. The highest BCUT2D eigenvalue weighted by Crippen LogP contribution is 2.30. The first-order valence-corrected chi connectivity index (χ1v) is 9.68. The summed E-state index contributed by atoms with van der Waals surface area (Å²) in [6, 6.07) is 6.68. The number of methoxy groups -OCH3 is 2. The maximum absolute atomic E-state index is 12.7. The molecule has 146 valence electrons. The number of rotatable bonds is 9. The van der Waals surface area contributed by atoms with E-state index in [9.17, 15) is 9.59 Å². The molecular weight excluding hydrogens is 366 g/mol. The van der Waals surface area contributed by atoms with Crippen molar-refractivity contribution in [3.05, 3.63) is 40.3 Å². The second-order valence-corrected chi connectivity index (χ2v) is 7.06. The molecule has 0 spiro atoms. The number of benzene rings is 1. The van der Waals surface area contributed by atoms with Crippen molar-refractivity contribution < 1.29 is 14.3 Å². The largest absolute Gasteiger partial charge is 0.493 e. The zero-order chi connectivity index (χ0) is 19.8. The molecule has 1 aromatic carbocycles. The molecular formula is C19H25N3O4S. The summed E-state index contributed by atoms with van der Waals surface area (Å²) in [6.07, 6.45) is 2.22. The lowest BCUT2D eigenvalue weighted by Crippen LogP contribution is -2.25. The maximum atomic E-state index is 12.7. The highest BCUT2D eigenvalue weighted by atomic mass is 32.2. The molecule has 0 aliphatic carbocycles. The van der Waals surface area contributed by atoms with E-state index < -0.39 is 5.25 Å². The molecule has 1 heterocycles. The lowest BCUT2D eigenvalue weighted by atomic mass is 10.2. The number of H-pyrrole nitrogens is 1. The lowest BCUT2D eigenvalue weighted by Gasteiger charge is -2.15. The predicted molar refractivity (Wildman–Crippen MR) is 107 cm³/mol. The van der Waals surface area contributed by atoms with Gasteiger partial charge in [0, 0.05) is 23.5 Å². The third-order valence-corrected chi connectivity index (χ3v) is 5.10. The molecule has 0 saturated heterocycles. The number of aromatic amines is 1. The van der Waals surface area contributed by atoms with Crippen LogP contribution in [-0.2, 0) is 11.2 Å². The average molecular weight is 391 g/mol. The number of hydrogen-bond acceptors (Lipinski definition) is 6. The first-order valence-electron chi connectivity index (χ1n) is 8.80. The van der Waals surface area contributed by atoms with E-state index in [0.717, 1.165) is 18.5 Å². The van der Waals surface area contributed by atoms with Crippen LogP contribution in [0.15, 0.2) is 34.2 Å². The number of thioether (sulfide) groups is 1. The van der Waals surface area contributed by atoms with Crippen molar-refractivity contribution in [3.8, 4) is 11.5 Å². The first-order chi connectivity index (χ1) is 13.0. The zero-order valence-corrected chi connectivity index (χ0v) is 16.8. The number of ether oxygens (including phenoxy) is 2. The van der Waals surface area contributed by atoms with E-state index in [4.69, 9.17) is 9.47 Å². The summed E-state index contributed by atoms with van der Waals surface area (Å²) in [6.45, 7) is 3.95. The number of carbonyl (C=O) groups is 1. The van der Waals surface area contributed by atoms with Crippen molar-refractivity contribution in [2.24, 2.45) is 0 Å². The Balaban J connectivity index is 2.13. The molecule has 27 heavy (non-hydrogen) atoms. The van der Waals surface area contributed by atoms with E-state index in [1.165, 1.54) is 17.8 Å². The van der Waals surface area contributed by atoms with Crippen LogP contribution >= 0.6 is 11.8 Å². The van der Waals surface area contributed by atoms with Gasteiger partial charge in [-0.3, -0.25) is 9.59 Å². The van der Waals surface area contributed by atoms with Crippen LogP contribution in [0.5, 0.6) is 11.5 Å². The van der Waals surface area contributed by atoms with Gasteiger partial charge >= 0.3 is 0 Å². The maximum Gasteiger partial charge on any atom is 0.251 e. The molecule has 2 rings (SSSR count). The second kappa shape index (κ2) is 10.0. The molecule has 1 atom stereocenters. The van der Waals surface area contributed by atoms with E-state index in [1.807, 2.05) is 13.8 Å². The molecule has 2 N–H and O–H groups in total. The van der Waals surface area contributed by atoms with Crippen molar-refractivity contribution in [1.29, 1.82) is 0 Å². The molecule has 1 aromatic heterocycles. The Morgan fingerprint density at radius 2 is 1.96 bits per heavy atom. The van der Waals surface area contributed by atoms with Crippen LogP contribution in [0.4, 0.5) is 5.69 Å². The van der Waals surface area contributed by atoms with Gasteiger partial charge in [0.2, 0.25) is 5.91 Å². The predicted octanol–water partition coefficient (Wildman–Crippen LogP) is 3.25. The van der Waals surface area contributed by atoms with E-state index >= 15 is 0 Å². The molecule has 1 amide bonds. The Kier molecular flexibility index (Phi) is 7.72. The summed E-state index contributed by atoms with van der Waals surface area (Å²) in [5.74, 6) is 0.957. The number of anilines is 1. The van der Waals surface area contributed by atoms with E-state index in [-0.39, 0.29) is 11.5 Å². The number of nitrogens with zero attached hydrogens (tertiary/aromatic N) is 1. The SMILES string of the molecule is CCCc1cc(=O)[nH]c(SC(CC)C(=O)Nc2ccc(OC)c(OC)c2)n1. The molecule has 8 heteroatoms. The molecule has 0 fully saturated rings. The summed E-state index contributed by atoms with van der Waals surface area (Å²) >= 11 is 1.25. The van der Waals surface area contributed by atoms with Crippen molar-refractivity contribution in [1.82, 2.24) is 9.97 Å². The van der Waals surface area contributed by atoms with Gasteiger partial charge in [-0.15, -0.1) is 0 Å². The van der Waals surface area contributed by atoms with Gasteiger partial charge in [-0.05, 0) is 25.0 Å². The van der Waals surface area contributed by atoms with Gasteiger partial charge in [-0.2, -0.15) is 0 Å². The minimum absolute atomic E-state index is 0.168. The molecule has 2 aromatic rings. The minimum Gasteiger partial charge on any atom is -0.493 e.